The fourth-order valence-corrected chi connectivity index (χ4v) is 2.22. The number of nitrogens with two attached hydrogens (primary N) is 1. The number of furan rings is 1. The molecule has 0 amide bonds. The van der Waals surface area contributed by atoms with Crippen LogP contribution in [0.4, 0.5) is 5.69 Å². The van der Waals surface area contributed by atoms with Crippen molar-refractivity contribution < 1.29 is 4.42 Å². The van der Waals surface area contributed by atoms with Crippen molar-refractivity contribution in [1.82, 2.24) is 0 Å². The van der Waals surface area contributed by atoms with E-state index in [1.54, 1.807) is 0 Å². The smallest absolute Gasteiger partial charge is 0.134 e. The van der Waals surface area contributed by atoms with Gasteiger partial charge in [-0.3, -0.25) is 0 Å². The van der Waals surface area contributed by atoms with E-state index in [0.717, 1.165) is 33.5 Å². The molecule has 0 unspecified atom stereocenters. The molecule has 2 nitrogen and oxygen atoms in total. The molecule has 0 bridgehead atoms. The van der Waals surface area contributed by atoms with Gasteiger partial charge in [0.25, 0.3) is 0 Å². The van der Waals surface area contributed by atoms with Gasteiger partial charge in [0.15, 0.2) is 0 Å². The SMILES string of the molecule is Cc1oc2ccccc2c1-c1cccc(N)c1. The highest BCUT2D eigenvalue weighted by atomic mass is 16.3. The van der Waals surface area contributed by atoms with Crippen LogP contribution in [0.15, 0.2) is 52.9 Å². The maximum atomic E-state index is 5.83. The summed E-state index contributed by atoms with van der Waals surface area (Å²) in [6, 6.07) is 15.9. The van der Waals surface area contributed by atoms with Crippen molar-refractivity contribution in [3.8, 4) is 11.1 Å². The van der Waals surface area contributed by atoms with Gasteiger partial charge in [-0.15, -0.1) is 0 Å². The standard InChI is InChI=1S/C15H13NO/c1-10-15(11-5-4-6-12(16)9-11)13-7-2-3-8-14(13)17-10/h2-9H,16H2,1H3. The van der Waals surface area contributed by atoms with Crippen LogP contribution in [0.5, 0.6) is 0 Å². The molecule has 3 rings (SSSR count). The highest BCUT2D eigenvalue weighted by Gasteiger charge is 2.11. The Morgan fingerprint density at radius 1 is 1.00 bits per heavy atom. The molecule has 3 aromatic rings. The van der Waals surface area contributed by atoms with Crippen LogP contribution in [0.25, 0.3) is 22.1 Å². The van der Waals surface area contributed by atoms with Gasteiger partial charge in [0.2, 0.25) is 0 Å². The van der Waals surface area contributed by atoms with Gasteiger partial charge in [-0.1, -0.05) is 30.3 Å². The van der Waals surface area contributed by atoms with Gasteiger partial charge in [0, 0.05) is 16.6 Å². The minimum absolute atomic E-state index is 0.771. The first-order valence-electron chi connectivity index (χ1n) is 5.60. The molecule has 84 valence electrons. The molecule has 0 aliphatic carbocycles. The van der Waals surface area contributed by atoms with Crippen LogP contribution in [0.2, 0.25) is 0 Å². The molecule has 0 atom stereocenters. The molecule has 1 aromatic heterocycles. The Balaban J connectivity index is 2.33. The third-order valence-electron chi connectivity index (χ3n) is 2.95. The Morgan fingerprint density at radius 2 is 1.82 bits per heavy atom. The molecule has 0 aliphatic rings. The van der Waals surface area contributed by atoms with Gasteiger partial charge in [-0.25, -0.2) is 0 Å². The Hall–Kier alpha value is -2.22. The number of fused-ring (bicyclic) bond motifs is 1. The van der Waals surface area contributed by atoms with Crippen LogP contribution < -0.4 is 5.73 Å². The van der Waals surface area contributed by atoms with E-state index in [0.29, 0.717) is 0 Å². The zero-order valence-electron chi connectivity index (χ0n) is 9.60. The third-order valence-corrected chi connectivity index (χ3v) is 2.95. The molecular weight excluding hydrogens is 210 g/mol. The molecular formula is C15H13NO. The highest BCUT2D eigenvalue weighted by Crippen LogP contribution is 2.34. The zero-order valence-corrected chi connectivity index (χ0v) is 9.60. The second kappa shape index (κ2) is 3.67. The van der Waals surface area contributed by atoms with Crippen LogP contribution in [-0.4, -0.2) is 0 Å². The predicted molar refractivity (Wildman–Crippen MR) is 70.8 cm³/mol. The largest absolute Gasteiger partial charge is 0.461 e. The number of hydrogen-bond donors (Lipinski definition) is 1. The molecule has 2 aromatic carbocycles. The zero-order chi connectivity index (χ0) is 11.8. The Labute approximate surface area is 99.7 Å². The monoisotopic (exact) mass is 223 g/mol. The minimum Gasteiger partial charge on any atom is -0.461 e. The molecule has 0 saturated heterocycles. The van der Waals surface area contributed by atoms with Gasteiger partial charge in [0.1, 0.15) is 11.3 Å². The molecule has 0 fully saturated rings. The van der Waals surface area contributed by atoms with Crippen LogP contribution in [0.1, 0.15) is 5.76 Å². The number of anilines is 1. The van der Waals surface area contributed by atoms with Crippen LogP contribution in [0.3, 0.4) is 0 Å². The number of benzene rings is 2. The number of hydrogen-bond acceptors (Lipinski definition) is 2. The molecule has 0 saturated carbocycles. The normalized spacial score (nSPS) is 10.9. The van der Waals surface area contributed by atoms with Crippen LogP contribution in [-0.2, 0) is 0 Å². The van der Waals surface area contributed by atoms with Crippen molar-refractivity contribution in [2.75, 3.05) is 5.73 Å². The van der Waals surface area contributed by atoms with E-state index in [1.807, 2.05) is 43.3 Å². The second-order valence-corrected chi connectivity index (χ2v) is 4.15. The van der Waals surface area contributed by atoms with Crippen LogP contribution in [0, 0.1) is 6.92 Å². The third kappa shape index (κ3) is 1.58. The summed E-state index contributed by atoms with van der Waals surface area (Å²) in [5, 5.41) is 1.13. The van der Waals surface area contributed by atoms with Crippen molar-refractivity contribution in [3.63, 3.8) is 0 Å². The fourth-order valence-electron chi connectivity index (χ4n) is 2.22. The second-order valence-electron chi connectivity index (χ2n) is 4.15. The maximum Gasteiger partial charge on any atom is 0.134 e. The van der Waals surface area contributed by atoms with Crippen molar-refractivity contribution in [3.05, 3.63) is 54.3 Å². The lowest BCUT2D eigenvalue weighted by atomic mass is 10.0. The van der Waals surface area contributed by atoms with E-state index in [1.165, 1.54) is 0 Å². The lowest BCUT2D eigenvalue weighted by Crippen LogP contribution is -1.85. The van der Waals surface area contributed by atoms with Crippen molar-refractivity contribution in [1.29, 1.82) is 0 Å². The lowest BCUT2D eigenvalue weighted by molar-refractivity contribution is 0.580. The topological polar surface area (TPSA) is 39.2 Å². The number of rotatable bonds is 1. The quantitative estimate of drug-likeness (QED) is 0.633. The Morgan fingerprint density at radius 3 is 2.65 bits per heavy atom. The summed E-state index contributed by atoms with van der Waals surface area (Å²) in [7, 11) is 0. The number of aryl methyl sites for hydroxylation is 1. The van der Waals surface area contributed by atoms with E-state index in [9.17, 15) is 0 Å². The summed E-state index contributed by atoms with van der Waals surface area (Å²) in [6.07, 6.45) is 0. The molecule has 2 N–H and O–H groups in total. The van der Waals surface area contributed by atoms with Crippen molar-refractivity contribution in [2.45, 2.75) is 6.92 Å². The van der Waals surface area contributed by atoms with E-state index in [4.69, 9.17) is 10.2 Å². The number of nitrogen functional groups attached to an aromatic ring is 1. The molecule has 0 spiro atoms. The average molecular weight is 223 g/mol. The minimum atomic E-state index is 0.771. The van der Waals surface area contributed by atoms with Crippen molar-refractivity contribution >= 4 is 16.7 Å². The van der Waals surface area contributed by atoms with Gasteiger partial charge in [-0.2, -0.15) is 0 Å². The molecule has 17 heavy (non-hydrogen) atoms. The van der Waals surface area contributed by atoms with Crippen molar-refractivity contribution in [2.24, 2.45) is 0 Å². The number of para-hydroxylation sites is 1. The molecule has 0 radical (unpaired) electrons. The summed E-state index contributed by atoms with van der Waals surface area (Å²) < 4.78 is 5.75. The Kier molecular flexibility index (Phi) is 2.15. The molecule has 0 aliphatic heterocycles. The summed E-state index contributed by atoms with van der Waals surface area (Å²) in [5.41, 5.74) is 9.75. The maximum absolute atomic E-state index is 5.83. The fraction of sp³-hybridized carbons (Fsp3) is 0.0667. The van der Waals surface area contributed by atoms with Gasteiger partial charge in [0.05, 0.1) is 0 Å². The molecule has 2 heteroatoms. The average Bonchev–Trinajstić information content (AvgIpc) is 2.64. The van der Waals surface area contributed by atoms with E-state index < -0.39 is 0 Å². The summed E-state index contributed by atoms with van der Waals surface area (Å²) in [4.78, 5) is 0. The van der Waals surface area contributed by atoms with E-state index in [-0.39, 0.29) is 0 Å². The van der Waals surface area contributed by atoms with Gasteiger partial charge >= 0.3 is 0 Å². The summed E-state index contributed by atoms with van der Waals surface area (Å²) in [5.74, 6) is 0.928. The first kappa shape index (κ1) is 9.97. The van der Waals surface area contributed by atoms with Crippen LogP contribution >= 0.6 is 0 Å². The van der Waals surface area contributed by atoms with E-state index >= 15 is 0 Å². The predicted octanol–water partition coefficient (Wildman–Crippen LogP) is 3.99. The van der Waals surface area contributed by atoms with Gasteiger partial charge < -0.3 is 10.2 Å². The molecule has 1 heterocycles. The van der Waals surface area contributed by atoms with Gasteiger partial charge in [-0.05, 0) is 30.7 Å². The first-order chi connectivity index (χ1) is 8.25. The first-order valence-corrected chi connectivity index (χ1v) is 5.60. The lowest BCUT2D eigenvalue weighted by Gasteiger charge is -2.01. The Bertz CT molecular complexity index is 682. The summed E-state index contributed by atoms with van der Waals surface area (Å²) >= 11 is 0. The summed E-state index contributed by atoms with van der Waals surface area (Å²) in [6.45, 7) is 1.98. The van der Waals surface area contributed by atoms with E-state index in [2.05, 4.69) is 12.1 Å². The highest BCUT2D eigenvalue weighted by molar-refractivity contribution is 5.96.